The smallest absolute Gasteiger partial charge is 0.342 e. The number of primary amides is 1. The number of nitrogens with zero attached hydrogens (tertiary/aromatic N) is 1. The highest BCUT2D eigenvalue weighted by Crippen LogP contribution is 2.22. The zero-order valence-corrected chi connectivity index (χ0v) is 9.08. The second-order valence-electron chi connectivity index (χ2n) is 3.56. The van der Waals surface area contributed by atoms with Gasteiger partial charge < -0.3 is 10.6 Å². The molecule has 7 nitrogen and oxygen atoms in total. The third kappa shape index (κ3) is 1.93. The lowest BCUT2D eigenvalue weighted by atomic mass is 10.1. The molecule has 0 spiro atoms. The van der Waals surface area contributed by atoms with Gasteiger partial charge in [0.2, 0.25) is 5.91 Å². The van der Waals surface area contributed by atoms with Crippen molar-refractivity contribution in [3.8, 4) is 0 Å². The summed E-state index contributed by atoms with van der Waals surface area (Å²) in [5.74, 6) is -3.45. The molecule has 1 aromatic rings. The van der Waals surface area contributed by atoms with Gasteiger partial charge in [-0.3, -0.25) is 14.4 Å². The first-order valence-corrected chi connectivity index (χ1v) is 4.97. The van der Waals surface area contributed by atoms with Crippen molar-refractivity contribution >= 4 is 23.7 Å². The van der Waals surface area contributed by atoms with Gasteiger partial charge in [0.05, 0.1) is 11.1 Å². The summed E-state index contributed by atoms with van der Waals surface area (Å²) < 4.78 is 0. The van der Waals surface area contributed by atoms with E-state index in [2.05, 4.69) is 4.84 Å². The molecule has 0 saturated heterocycles. The van der Waals surface area contributed by atoms with Gasteiger partial charge in [-0.1, -0.05) is 17.2 Å². The highest BCUT2D eigenvalue weighted by atomic mass is 16.7. The number of hydroxylamine groups is 2. The summed E-state index contributed by atoms with van der Waals surface area (Å²) in [6, 6.07) is 6.05. The van der Waals surface area contributed by atoms with Crippen molar-refractivity contribution in [2.24, 2.45) is 5.73 Å². The van der Waals surface area contributed by atoms with E-state index in [0.717, 1.165) is 0 Å². The van der Waals surface area contributed by atoms with Crippen LogP contribution in [0.25, 0.3) is 0 Å². The highest BCUT2D eigenvalue weighted by Gasteiger charge is 2.38. The zero-order valence-electron chi connectivity index (χ0n) is 9.08. The van der Waals surface area contributed by atoms with Crippen LogP contribution in [0.2, 0.25) is 0 Å². The molecule has 7 heteroatoms. The molecular formula is C11H8N2O5. The molecule has 92 valence electrons. The van der Waals surface area contributed by atoms with Crippen molar-refractivity contribution in [3.05, 3.63) is 35.4 Å². The van der Waals surface area contributed by atoms with Crippen LogP contribution in [0.15, 0.2) is 24.3 Å². The third-order valence-corrected chi connectivity index (χ3v) is 2.27. The maximum Gasteiger partial charge on any atom is 0.342 e. The average Bonchev–Trinajstić information content (AvgIpc) is 2.54. The number of imide groups is 1. The fraction of sp³-hybridized carbons (Fsp3) is 0.0909. The van der Waals surface area contributed by atoms with Crippen molar-refractivity contribution in [3.63, 3.8) is 0 Å². The van der Waals surface area contributed by atoms with Crippen LogP contribution in [0.1, 0.15) is 27.1 Å². The van der Waals surface area contributed by atoms with Crippen LogP contribution in [-0.2, 0) is 14.4 Å². The molecule has 2 N–H and O–H groups in total. The lowest BCUT2D eigenvalue weighted by Gasteiger charge is -2.11. The van der Waals surface area contributed by atoms with Gasteiger partial charge in [-0.05, 0) is 12.1 Å². The molecule has 0 radical (unpaired) electrons. The van der Waals surface area contributed by atoms with Crippen molar-refractivity contribution in [1.29, 1.82) is 0 Å². The van der Waals surface area contributed by atoms with Crippen molar-refractivity contribution in [1.82, 2.24) is 5.06 Å². The first kappa shape index (κ1) is 11.8. The summed E-state index contributed by atoms with van der Waals surface area (Å²) in [5, 5.41) is 0.329. The molecule has 1 aromatic carbocycles. The first-order chi connectivity index (χ1) is 8.50. The van der Waals surface area contributed by atoms with E-state index in [-0.39, 0.29) is 11.1 Å². The molecule has 1 aliphatic heterocycles. The Hall–Kier alpha value is -2.70. The molecule has 2 rings (SSSR count). The van der Waals surface area contributed by atoms with Crippen LogP contribution in [0.3, 0.4) is 0 Å². The molecule has 0 atom stereocenters. The van der Waals surface area contributed by atoms with E-state index in [1.165, 1.54) is 12.1 Å². The quantitative estimate of drug-likeness (QED) is 0.579. The Morgan fingerprint density at radius 3 is 2.06 bits per heavy atom. The van der Waals surface area contributed by atoms with Gasteiger partial charge in [0.15, 0.2) is 0 Å². The summed E-state index contributed by atoms with van der Waals surface area (Å²) in [6.07, 6.45) is -0.701. The van der Waals surface area contributed by atoms with Crippen LogP contribution in [0, 0.1) is 0 Å². The number of amides is 3. The molecule has 0 fully saturated rings. The molecule has 0 aromatic heterocycles. The van der Waals surface area contributed by atoms with Gasteiger partial charge >= 0.3 is 5.97 Å². The number of hydrogen-bond donors (Lipinski definition) is 1. The average molecular weight is 248 g/mol. The minimum Gasteiger partial charge on any atom is -0.369 e. The predicted molar refractivity (Wildman–Crippen MR) is 56.8 cm³/mol. The summed E-state index contributed by atoms with van der Waals surface area (Å²) in [4.78, 5) is 49.7. The molecule has 1 heterocycles. The standard InChI is InChI=1S/C11H8N2O5/c12-8(14)5-9(15)18-13-10(16)6-3-1-2-4-7(6)11(13)17/h1-4H,5H2,(H2,12,14). The van der Waals surface area contributed by atoms with E-state index in [1.54, 1.807) is 12.1 Å². The van der Waals surface area contributed by atoms with Gasteiger partial charge in [0.25, 0.3) is 11.8 Å². The topological polar surface area (TPSA) is 107 Å². The van der Waals surface area contributed by atoms with E-state index in [4.69, 9.17) is 5.73 Å². The van der Waals surface area contributed by atoms with E-state index in [1.807, 2.05) is 0 Å². The molecule has 18 heavy (non-hydrogen) atoms. The Balaban J connectivity index is 2.19. The first-order valence-electron chi connectivity index (χ1n) is 4.97. The largest absolute Gasteiger partial charge is 0.369 e. The fourth-order valence-electron chi connectivity index (χ4n) is 1.53. The van der Waals surface area contributed by atoms with Crippen LogP contribution in [-0.4, -0.2) is 28.8 Å². The fourth-order valence-corrected chi connectivity index (χ4v) is 1.53. The zero-order chi connectivity index (χ0) is 13.3. The van der Waals surface area contributed by atoms with Crippen LogP contribution in [0.4, 0.5) is 0 Å². The van der Waals surface area contributed by atoms with E-state index < -0.39 is 30.1 Å². The highest BCUT2D eigenvalue weighted by molar-refractivity contribution is 6.21. The summed E-state index contributed by atoms with van der Waals surface area (Å²) in [6.45, 7) is 0. The molecular weight excluding hydrogens is 240 g/mol. The minimum atomic E-state index is -1.06. The molecule has 0 saturated carbocycles. The lowest BCUT2D eigenvalue weighted by Crippen LogP contribution is -2.34. The monoisotopic (exact) mass is 248 g/mol. The minimum absolute atomic E-state index is 0.148. The Morgan fingerprint density at radius 1 is 1.11 bits per heavy atom. The number of carbonyl (C=O) groups excluding carboxylic acids is 4. The van der Waals surface area contributed by atoms with E-state index in [9.17, 15) is 19.2 Å². The predicted octanol–water partition coefficient (Wildman–Crippen LogP) is -0.384. The maximum atomic E-state index is 11.7. The number of hydrogen-bond acceptors (Lipinski definition) is 5. The molecule has 0 aliphatic carbocycles. The van der Waals surface area contributed by atoms with Gasteiger partial charge in [0.1, 0.15) is 6.42 Å². The Kier molecular flexibility index (Phi) is 2.80. The molecule has 1 aliphatic rings. The summed E-state index contributed by atoms with van der Waals surface area (Å²) in [7, 11) is 0. The molecule has 3 amide bonds. The lowest BCUT2D eigenvalue weighted by molar-refractivity contribution is -0.169. The summed E-state index contributed by atoms with van der Waals surface area (Å²) in [5.41, 5.74) is 5.09. The van der Waals surface area contributed by atoms with Crippen molar-refractivity contribution in [2.45, 2.75) is 6.42 Å². The van der Waals surface area contributed by atoms with Crippen molar-refractivity contribution < 1.29 is 24.0 Å². The molecule has 0 unspecified atom stereocenters. The maximum absolute atomic E-state index is 11.7. The van der Waals surface area contributed by atoms with Gasteiger partial charge in [-0.25, -0.2) is 4.79 Å². The number of carbonyl (C=O) groups is 4. The van der Waals surface area contributed by atoms with E-state index >= 15 is 0 Å². The normalized spacial score (nSPS) is 13.4. The Bertz CT molecular complexity index is 531. The Labute approximate surface area is 101 Å². The Morgan fingerprint density at radius 2 is 1.61 bits per heavy atom. The SMILES string of the molecule is NC(=O)CC(=O)ON1C(=O)c2ccccc2C1=O. The number of rotatable bonds is 3. The molecule has 0 bridgehead atoms. The van der Waals surface area contributed by atoms with Gasteiger partial charge in [-0.15, -0.1) is 0 Å². The number of nitrogens with two attached hydrogens (primary N) is 1. The van der Waals surface area contributed by atoms with Crippen LogP contribution < -0.4 is 5.73 Å². The van der Waals surface area contributed by atoms with Crippen molar-refractivity contribution in [2.75, 3.05) is 0 Å². The number of benzene rings is 1. The third-order valence-electron chi connectivity index (χ3n) is 2.27. The van der Waals surface area contributed by atoms with Gasteiger partial charge in [0, 0.05) is 0 Å². The second kappa shape index (κ2) is 4.28. The summed E-state index contributed by atoms with van der Waals surface area (Å²) >= 11 is 0. The van der Waals surface area contributed by atoms with E-state index in [0.29, 0.717) is 5.06 Å². The van der Waals surface area contributed by atoms with Gasteiger partial charge in [-0.2, -0.15) is 0 Å². The number of fused-ring (bicyclic) bond motifs is 1. The van der Waals surface area contributed by atoms with Crippen LogP contribution in [0.5, 0.6) is 0 Å². The van der Waals surface area contributed by atoms with Crippen LogP contribution >= 0.6 is 0 Å². The second-order valence-corrected chi connectivity index (χ2v) is 3.56.